The van der Waals surface area contributed by atoms with Gasteiger partial charge in [0.05, 0.1) is 7.11 Å². The maximum Gasteiger partial charge on any atom is 0.214 e. The van der Waals surface area contributed by atoms with E-state index in [1.54, 1.807) is 13.3 Å². The summed E-state index contributed by atoms with van der Waals surface area (Å²) in [7, 11) is 1.61. The van der Waals surface area contributed by atoms with Gasteiger partial charge in [0, 0.05) is 31.1 Å². The van der Waals surface area contributed by atoms with Crippen LogP contribution in [0.2, 0.25) is 0 Å². The molecular formula is C12H20N2O2. The smallest absolute Gasteiger partial charge is 0.214 e. The fourth-order valence-electron chi connectivity index (χ4n) is 1.41. The number of ether oxygens (including phenoxy) is 1. The largest absolute Gasteiger partial charge is 0.481 e. The predicted octanol–water partition coefficient (Wildman–Crippen LogP) is 1.91. The van der Waals surface area contributed by atoms with E-state index in [9.17, 15) is 0 Å². The third kappa shape index (κ3) is 4.49. The summed E-state index contributed by atoms with van der Waals surface area (Å²) in [5.74, 6) is 1.00. The van der Waals surface area contributed by atoms with Crippen LogP contribution in [0.15, 0.2) is 18.3 Å². The second kappa shape index (κ2) is 7.06. The third-order valence-electron chi connectivity index (χ3n) is 2.46. The molecule has 1 rings (SSSR count). The number of aliphatic hydroxyl groups is 1. The van der Waals surface area contributed by atoms with Crippen molar-refractivity contribution in [2.24, 2.45) is 5.92 Å². The molecule has 4 heteroatoms. The van der Waals surface area contributed by atoms with Crippen molar-refractivity contribution in [3.05, 3.63) is 18.3 Å². The van der Waals surface area contributed by atoms with Gasteiger partial charge in [-0.3, -0.25) is 0 Å². The Balaban J connectivity index is 2.26. The normalized spacial score (nSPS) is 12.2. The molecule has 0 aromatic carbocycles. The second-order valence-corrected chi connectivity index (χ2v) is 3.94. The van der Waals surface area contributed by atoms with Crippen LogP contribution in [0.3, 0.4) is 0 Å². The number of aromatic nitrogens is 1. The first-order valence-corrected chi connectivity index (χ1v) is 5.61. The predicted molar refractivity (Wildman–Crippen MR) is 64.8 cm³/mol. The van der Waals surface area contributed by atoms with Gasteiger partial charge in [0.2, 0.25) is 5.88 Å². The molecule has 1 atom stereocenters. The molecule has 4 nitrogen and oxygen atoms in total. The second-order valence-electron chi connectivity index (χ2n) is 3.94. The highest BCUT2D eigenvalue weighted by molar-refractivity contribution is 5.44. The number of nitrogens with zero attached hydrogens (tertiary/aromatic N) is 1. The molecule has 0 aliphatic heterocycles. The van der Waals surface area contributed by atoms with Gasteiger partial charge in [0.25, 0.3) is 0 Å². The van der Waals surface area contributed by atoms with Crippen molar-refractivity contribution < 1.29 is 9.84 Å². The zero-order chi connectivity index (χ0) is 11.8. The molecular weight excluding hydrogens is 204 g/mol. The minimum absolute atomic E-state index is 0.267. The van der Waals surface area contributed by atoms with E-state index < -0.39 is 0 Å². The lowest BCUT2D eigenvalue weighted by molar-refractivity contribution is 0.229. The van der Waals surface area contributed by atoms with Crippen LogP contribution < -0.4 is 10.1 Å². The number of nitrogens with one attached hydrogen (secondary N) is 1. The first-order valence-electron chi connectivity index (χ1n) is 5.61. The van der Waals surface area contributed by atoms with Crippen molar-refractivity contribution in [1.82, 2.24) is 4.98 Å². The van der Waals surface area contributed by atoms with Gasteiger partial charge in [-0.15, -0.1) is 0 Å². The molecule has 2 N–H and O–H groups in total. The van der Waals surface area contributed by atoms with E-state index in [1.807, 2.05) is 12.1 Å². The van der Waals surface area contributed by atoms with E-state index in [0.717, 1.165) is 25.1 Å². The van der Waals surface area contributed by atoms with Crippen LogP contribution in [0, 0.1) is 5.92 Å². The van der Waals surface area contributed by atoms with Crippen LogP contribution in [0.5, 0.6) is 5.88 Å². The highest BCUT2D eigenvalue weighted by Crippen LogP contribution is 2.13. The van der Waals surface area contributed by atoms with Crippen LogP contribution in [0.1, 0.15) is 19.8 Å². The van der Waals surface area contributed by atoms with Crippen molar-refractivity contribution in [2.45, 2.75) is 19.8 Å². The first kappa shape index (κ1) is 12.8. The summed E-state index contributed by atoms with van der Waals surface area (Å²) in [6.07, 6.45) is 3.80. The lowest BCUT2D eigenvalue weighted by Crippen LogP contribution is -2.06. The Labute approximate surface area is 96.7 Å². The van der Waals surface area contributed by atoms with Gasteiger partial charge in [-0.25, -0.2) is 4.98 Å². The summed E-state index contributed by atoms with van der Waals surface area (Å²) >= 11 is 0. The molecule has 0 bridgehead atoms. The molecule has 0 spiro atoms. The average Bonchev–Trinajstić information content (AvgIpc) is 2.34. The van der Waals surface area contributed by atoms with Gasteiger partial charge in [-0.1, -0.05) is 6.92 Å². The monoisotopic (exact) mass is 224 g/mol. The lowest BCUT2D eigenvalue weighted by atomic mass is 10.1. The summed E-state index contributed by atoms with van der Waals surface area (Å²) in [5, 5.41) is 12.2. The van der Waals surface area contributed by atoms with Gasteiger partial charge in [-0.05, 0) is 24.8 Å². The number of anilines is 1. The molecule has 0 amide bonds. The van der Waals surface area contributed by atoms with Gasteiger partial charge in [0.15, 0.2) is 0 Å². The number of aliphatic hydroxyl groups excluding tert-OH is 1. The molecule has 1 aromatic heterocycles. The van der Waals surface area contributed by atoms with E-state index in [4.69, 9.17) is 9.84 Å². The Bertz CT molecular complexity index is 305. The summed E-state index contributed by atoms with van der Waals surface area (Å²) in [6, 6.07) is 3.79. The molecule has 1 unspecified atom stereocenters. The van der Waals surface area contributed by atoms with Gasteiger partial charge < -0.3 is 15.2 Å². The Morgan fingerprint density at radius 3 is 3.06 bits per heavy atom. The maximum atomic E-state index is 8.87. The fraction of sp³-hybridized carbons (Fsp3) is 0.583. The molecule has 90 valence electrons. The van der Waals surface area contributed by atoms with Gasteiger partial charge in [0.1, 0.15) is 0 Å². The number of pyridine rings is 1. The zero-order valence-corrected chi connectivity index (χ0v) is 9.94. The summed E-state index contributed by atoms with van der Waals surface area (Å²) in [6.45, 7) is 3.22. The molecule has 0 aliphatic carbocycles. The zero-order valence-electron chi connectivity index (χ0n) is 9.94. The van der Waals surface area contributed by atoms with Gasteiger partial charge >= 0.3 is 0 Å². The summed E-state index contributed by atoms with van der Waals surface area (Å²) < 4.78 is 5.03. The topological polar surface area (TPSA) is 54.4 Å². The van der Waals surface area contributed by atoms with Crippen molar-refractivity contribution >= 4 is 5.69 Å². The number of rotatable bonds is 7. The van der Waals surface area contributed by atoms with Crippen LogP contribution in [0.25, 0.3) is 0 Å². The van der Waals surface area contributed by atoms with Crippen molar-refractivity contribution in [3.63, 3.8) is 0 Å². The molecule has 1 heterocycles. The van der Waals surface area contributed by atoms with Crippen LogP contribution in [0.4, 0.5) is 5.69 Å². The number of methoxy groups -OCH3 is 1. The van der Waals surface area contributed by atoms with E-state index in [0.29, 0.717) is 11.8 Å². The Kier molecular flexibility index (Phi) is 5.64. The third-order valence-corrected chi connectivity index (χ3v) is 2.46. The highest BCUT2D eigenvalue weighted by atomic mass is 16.5. The number of hydrogen-bond acceptors (Lipinski definition) is 4. The fourth-order valence-corrected chi connectivity index (χ4v) is 1.41. The summed E-state index contributed by atoms with van der Waals surface area (Å²) in [4.78, 5) is 4.03. The van der Waals surface area contributed by atoms with E-state index in [1.165, 1.54) is 0 Å². The Morgan fingerprint density at radius 1 is 1.56 bits per heavy atom. The molecule has 0 fully saturated rings. The van der Waals surface area contributed by atoms with Crippen molar-refractivity contribution in [1.29, 1.82) is 0 Å². The SMILES string of the molecule is COc1cc(NCCCC(C)CO)ccn1. The molecule has 0 saturated carbocycles. The quantitative estimate of drug-likeness (QED) is 0.695. The van der Waals surface area contributed by atoms with Crippen LogP contribution in [-0.4, -0.2) is 30.4 Å². The van der Waals surface area contributed by atoms with E-state index in [2.05, 4.69) is 17.2 Å². The van der Waals surface area contributed by atoms with Crippen LogP contribution in [-0.2, 0) is 0 Å². The lowest BCUT2D eigenvalue weighted by Gasteiger charge is -2.09. The summed E-state index contributed by atoms with van der Waals surface area (Å²) in [5.41, 5.74) is 1.02. The van der Waals surface area contributed by atoms with Crippen molar-refractivity contribution in [3.8, 4) is 5.88 Å². The van der Waals surface area contributed by atoms with Crippen molar-refractivity contribution in [2.75, 3.05) is 25.6 Å². The molecule has 0 saturated heterocycles. The average molecular weight is 224 g/mol. The molecule has 0 radical (unpaired) electrons. The minimum atomic E-state index is 0.267. The highest BCUT2D eigenvalue weighted by Gasteiger charge is 2.00. The molecule has 0 aliphatic rings. The van der Waals surface area contributed by atoms with E-state index in [-0.39, 0.29) is 6.61 Å². The van der Waals surface area contributed by atoms with Gasteiger partial charge in [-0.2, -0.15) is 0 Å². The maximum absolute atomic E-state index is 8.87. The molecule has 1 aromatic rings. The van der Waals surface area contributed by atoms with Crippen LogP contribution >= 0.6 is 0 Å². The first-order chi connectivity index (χ1) is 7.76. The minimum Gasteiger partial charge on any atom is -0.481 e. The number of hydrogen-bond donors (Lipinski definition) is 2. The Morgan fingerprint density at radius 2 is 2.38 bits per heavy atom. The Hall–Kier alpha value is -1.29. The van der Waals surface area contributed by atoms with E-state index >= 15 is 0 Å². The molecule has 16 heavy (non-hydrogen) atoms. The standard InChI is InChI=1S/C12H20N2O2/c1-10(9-15)4-3-6-13-11-5-7-14-12(8-11)16-2/h5,7-8,10,15H,3-4,6,9H2,1-2H3,(H,13,14).